The molecule has 2 aromatic carbocycles. The Balaban J connectivity index is 1.46. The van der Waals surface area contributed by atoms with E-state index in [1.54, 1.807) is 12.3 Å². The Morgan fingerprint density at radius 2 is 2.12 bits per heavy atom. The van der Waals surface area contributed by atoms with Crippen LogP contribution in [0.3, 0.4) is 0 Å². The number of nitrogens with zero attached hydrogens (tertiary/aromatic N) is 3. The first-order chi connectivity index (χ1) is 12.6. The SMILES string of the molecule is CC(Cn1ncc2ccccc2c1=O)NCc1nc2ccc(F)cc2s1. The maximum Gasteiger partial charge on any atom is 0.274 e. The van der Waals surface area contributed by atoms with Crippen molar-refractivity contribution in [1.82, 2.24) is 20.1 Å². The quantitative estimate of drug-likeness (QED) is 0.587. The molecule has 1 atom stereocenters. The number of hydrogen-bond donors (Lipinski definition) is 1. The van der Waals surface area contributed by atoms with Crippen molar-refractivity contribution in [2.24, 2.45) is 0 Å². The molecular formula is C19H17FN4OS. The number of benzene rings is 2. The zero-order valence-corrected chi connectivity index (χ0v) is 15.0. The molecule has 0 saturated carbocycles. The number of aromatic nitrogens is 3. The number of halogens is 1. The van der Waals surface area contributed by atoms with Crippen LogP contribution in [-0.4, -0.2) is 20.8 Å². The molecule has 26 heavy (non-hydrogen) atoms. The summed E-state index contributed by atoms with van der Waals surface area (Å²) < 4.78 is 15.6. The highest BCUT2D eigenvalue weighted by molar-refractivity contribution is 7.18. The maximum atomic E-state index is 13.3. The minimum absolute atomic E-state index is 0.0325. The molecule has 0 fully saturated rings. The standard InChI is InChI=1S/C19H17FN4OS/c1-12(11-24-19(25)15-5-3-2-4-13(15)9-22-24)21-10-18-23-16-7-6-14(20)8-17(16)26-18/h2-9,12,21H,10-11H2,1H3. The third kappa shape index (κ3) is 3.36. The summed E-state index contributed by atoms with van der Waals surface area (Å²) in [6.07, 6.45) is 1.71. The summed E-state index contributed by atoms with van der Waals surface area (Å²) in [6, 6.07) is 12.1. The predicted molar refractivity (Wildman–Crippen MR) is 102 cm³/mol. The molecule has 0 aliphatic rings. The Bertz CT molecular complexity index is 1140. The largest absolute Gasteiger partial charge is 0.306 e. The van der Waals surface area contributed by atoms with Crippen LogP contribution in [0.2, 0.25) is 0 Å². The molecule has 0 aliphatic carbocycles. The highest BCUT2D eigenvalue weighted by atomic mass is 32.1. The Hall–Kier alpha value is -2.64. The Morgan fingerprint density at radius 1 is 1.27 bits per heavy atom. The molecule has 0 amide bonds. The van der Waals surface area contributed by atoms with E-state index in [1.165, 1.54) is 28.2 Å². The van der Waals surface area contributed by atoms with Crippen LogP contribution in [0.5, 0.6) is 0 Å². The first-order valence-electron chi connectivity index (χ1n) is 8.33. The van der Waals surface area contributed by atoms with Crippen molar-refractivity contribution in [1.29, 1.82) is 0 Å². The van der Waals surface area contributed by atoms with Crippen molar-refractivity contribution in [2.75, 3.05) is 0 Å². The van der Waals surface area contributed by atoms with Gasteiger partial charge < -0.3 is 5.32 Å². The van der Waals surface area contributed by atoms with Gasteiger partial charge in [-0.1, -0.05) is 18.2 Å². The van der Waals surface area contributed by atoms with Gasteiger partial charge in [-0.2, -0.15) is 5.10 Å². The van der Waals surface area contributed by atoms with Gasteiger partial charge in [0.2, 0.25) is 0 Å². The van der Waals surface area contributed by atoms with Crippen LogP contribution in [-0.2, 0) is 13.1 Å². The van der Waals surface area contributed by atoms with Crippen LogP contribution in [0, 0.1) is 5.82 Å². The lowest BCUT2D eigenvalue weighted by Crippen LogP contribution is -2.35. The summed E-state index contributed by atoms with van der Waals surface area (Å²) >= 11 is 1.47. The zero-order chi connectivity index (χ0) is 18.1. The Kier molecular flexibility index (Phi) is 4.48. The van der Waals surface area contributed by atoms with Crippen molar-refractivity contribution in [3.8, 4) is 0 Å². The van der Waals surface area contributed by atoms with Gasteiger partial charge in [0.1, 0.15) is 10.8 Å². The van der Waals surface area contributed by atoms with Gasteiger partial charge in [-0.3, -0.25) is 4.79 Å². The van der Waals surface area contributed by atoms with Gasteiger partial charge in [0.05, 0.1) is 28.3 Å². The summed E-state index contributed by atoms with van der Waals surface area (Å²) in [5.74, 6) is -0.254. The first-order valence-corrected chi connectivity index (χ1v) is 9.15. The summed E-state index contributed by atoms with van der Waals surface area (Å²) in [6.45, 7) is 3.02. The molecule has 7 heteroatoms. The number of fused-ring (bicyclic) bond motifs is 2. The molecule has 5 nitrogen and oxygen atoms in total. The third-order valence-electron chi connectivity index (χ3n) is 4.21. The zero-order valence-electron chi connectivity index (χ0n) is 14.1. The fraction of sp³-hybridized carbons (Fsp3) is 0.211. The Labute approximate surface area is 153 Å². The molecule has 132 valence electrons. The predicted octanol–water partition coefficient (Wildman–Crippen LogP) is 3.32. The average Bonchev–Trinajstić information content (AvgIpc) is 3.04. The van der Waals surface area contributed by atoms with Gasteiger partial charge >= 0.3 is 0 Å². The van der Waals surface area contributed by atoms with Crippen LogP contribution in [0.4, 0.5) is 4.39 Å². The van der Waals surface area contributed by atoms with E-state index in [-0.39, 0.29) is 17.4 Å². The van der Waals surface area contributed by atoms with Crippen molar-refractivity contribution in [3.05, 3.63) is 69.8 Å². The lowest BCUT2D eigenvalue weighted by molar-refractivity contribution is 0.439. The van der Waals surface area contributed by atoms with E-state index in [0.29, 0.717) is 18.5 Å². The van der Waals surface area contributed by atoms with Crippen LogP contribution in [0.15, 0.2) is 53.5 Å². The van der Waals surface area contributed by atoms with Gasteiger partial charge in [0, 0.05) is 18.0 Å². The maximum absolute atomic E-state index is 13.3. The third-order valence-corrected chi connectivity index (χ3v) is 5.22. The molecule has 0 radical (unpaired) electrons. The fourth-order valence-electron chi connectivity index (χ4n) is 2.87. The topological polar surface area (TPSA) is 59.8 Å². The smallest absolute Gasteiger partial charge is 0.274 e. The monoisotopic (exact) mass is 368 g/mol. The van der Waals surface area contributed by atoms with E-state index in [9.17, 15) is 9.18 Å². The van der Waals surface area contributed by atoms with Crippen molar-refractivity contribution >= 4 is 32.3 Å². The lowest BCUT2D eigenvalue weighted by Gasteiger charge is -2.14. The summed E-state index contributed by atoms with van der Waals surface area (Å²) in [7, 11) is 0. The van der Waals surface area contributed by atoms with Crippen LogP contribution < -0.4 is 10.9 Å². The molecule has 4 aromatic rings. The van der Waals surface area contributed by atoms with E-state index in [2.05, 4.69) is 15.4 Å². The molecule has 1 N–H and O–H groups in total. The van der Waals surface area contributed by atoms with Gasteiger partial charge in [0.25, 0.3) is 5.56 Å². The molecule has 1 unspecified atom stereocenters. The van der Waals surface area contributed by atoms with E-state index < -0.39 is 0 Å². The summed E-state index contributed by atoms with van der Waals surface area (Å²) in [4.78, 5) is 17.0. The second-order valence-corrected chi connectivity index (χ2v) is 7.34. The fourth-order valence-corrected chi connectivity index (χ4v) is 3.81. The Morgan fingerprint density at radius 3 is 3.00 bits per heavy atom. The van der Waals surface area contributed by atoms with E-state index in [0.717, 1.165) is 20.6 Å². The minimum atomic E-state index is -0.254. The minimum Gasteiger partial charge on any atom is -0.306 e. The molecule has 2 heterocycles. The molecule has 0 saturated heterocycles. The summed E-state index contributed by atoms with van der Waals surface area (Å²) in [5.41, 5.74) is 0.709. The van der Waals surface area contributed by atoms with Gasteiger partial charge in [-0.05, 0) is 31.2 Å². The van der Waals surface area contributed by atoms with E-state index in [4.69, 9.17) is 0 Å². The average molecular weight is 368 g/mol. The highest BCUT2D eigenvalue weighted by Crippen LogP contribution is 2.22. The molecule has 0 bridgehead atoms. The van der Waals surface area contributed by atoms with Crippen LogP contribution in [0.1, 0.15) is 11.9 Å². The molecule has 0 aliphatic heterocycles. The molecule has 0 spiro atoms. The number of hydrogen-bond acceptors (Lipinski definition) is 5. The van der Waals surface area contributed by atoms with Gasteiger partial charge in [-0.25, -0.2) is 14.1 Å². The molecule has 2 aromatic heterocycles. The lowest BCUT2D eigenvalue weighted by atomic mass is 10.2. The second-order valence-electron chi connectivity index (χ2n) is 6.22. The van der Waals surface area contributed by atoms with E-state index in [1.807, 2.05) is 31.2 Å². The number of thiazole rings is 1. The molecular weight excluding hydrogens is 351 g/mol. The van der Waals surface area contributed by atoms with Crippen molar-refractivity contribution in [3.63, 3.8) is 0 Å². The van der Waals surface area contributed by atoms with Crippen molar-refractivity contribution in [2.45, 2.75) is 26.1 Å². The number of nitrogens with one attached hydrogen (secondary N) is 1. The van der Waals surface area contributed by atoms with Crippen LogP contribution in [0.25, 0.3) is 21.0 Å². The van der Waals surface area contributed by atoms with E-state index >= 15 is 0 Å². The van der Waals surface area contributed by atoms with Gasteiger partial charge in [0.15, 0.2) is 0 Å². The van der Waals surface area contributed by atoms with Crippen molar-refractivity contribution < 1.29 is 4.39 Å². The normalized spacial score (nSPS) is 12.7. The summed E-state index contributed by atoms with van der Waals surface area (Å²) in [5, 5.41) is 10.0. The highest BCUT2D eigenvalue weighted by Gasteiger charge is 2.10. The van der Waals surface area contributed by atoms with Crippen LogP contribution >= 0.6 is 11.3 Å². The second kappa shape index (κ2) is 6.93. The first kappa shape index (κ1) is 16.8. The molecule has 4 rings (SSSR count). The number of rotatable bonds is 5. The van der Waals surface area contributed by atoms with Gasteiger partial charge in [-0.15, -0.1) is 11.3 Å².